The van der Waals surface area contributed by atoms with E-state index in [2.05, 4.69) is 22.0 Å². The molecule has 6 heteroatoms. The fourth-order valence-corrected chi connectivity index (χ4v) is 3.49. The first-order chi connectivity index (χ1) is 10.2. The van der Waals surface area contributed by atoms with Crippen LogP contribution in [-0.2, 0) is 5.60 Å². The summed E-state index contributed by atoms with van der Waals surface area (Å²) in [6, 6.07) is 4.69. The number of aromatic amines is 1. The van der Waals surface area contributed by atoms with Crippen molar-refractivity contribution in [3.8, 4) is 17.0 Å². The minimum absolute atomic E-state index is 0. The number of fused-ring (bicyclic) bond motifs is 4. The second kappa shape index (κ2) is 5.56. The van der Waals surface area contributed by atoms with Crippen molar-refractivity contribution in [1.29, 1.82) is 0 Å². The first-order valence-electron chi connectivity index (χ1n) is 7.47. The molecule has 2 aliphatic rings. The number of benzene rings is 1. The van der Waals surface area contributed by atoms with Crippen LogP contribution in [0, 0.1) is 5.82 Å². The van der Waals surface area contributed by atoms with E-state index in [4.69, 9.17) is 4.74 Å². The minimum atomic E-state index is -0.321. The second-order valence-corrected chi connectivity index (χ2v) is 5.83. The lowest BCUT2D eigenvalue weighted by Crippen LogP contribution is -2.47. The van der Waals surface area contributed by atoms with Gasteiger partial charge in [-0.25, -0.2) is 4.39 Å². The highest BCUT2D eigenvalue weighted by Gasteiger charge is 2.44. The molecule has 22 heavy (non-hydrogen) atoms. The molecule has 0 unspecified atom stereocenters. The van der Waals surface area contributed by atoms with Crippen molar-refractivity contribution in [1.82, 2.24) is 15.1 Å². The molecular weight excluding hydrogens is 305 g/mol. The zero-order valence-electron chi connectivity index (χ0n) is 12.4. The lowest BCUT2D eigenvalue weighted by atomic mass is 9.81. The molecule has 0 atom stereocenters. The molecule has 0 aliphatic carbocycles. The molecule has 0 saturated carbocycles. The van der Waals surface area contributed by atoms with Gasteiger partial charge < -0.3 is 9.64 Å². The van der Waals surface area contributed by atoms with E-state index in [1.807, 2.05) is 6.20 Å². The summed E-state index contributed by atoms with van der Waals surface area (Å²) in [4.78, 5) is 2.43. The molecule has 3 heterocycles. The fourth-order valence-electron chi connectivity index (χ4n) is 3.49. The number of hydrogen-bond donors (Lipinski definition) is 1. The minimum Gasteiger partial charge on any atom is -0.482 e. The number of ether oxygens (including phenoxy) is 1. The SMILES string of the molecule is CCN1CCC2(CC1)Oc1ccc(F)cc1-c1[nH]ncc12.Cl. The van der Waals surface area contributed by atoms with Gasteiger partial charge in [-0.1, -0.05) is 6.92 Å². The van der Waals surface area contributed by atoms with Crippen LogP contribution in [0.2, 0.25) is 0 Å². The predicted molar refractivity (Wildman–Crippen MR) is 84.9 cm³/mol. The standard InChI is InChI=1S/C16H18FN3O.ClH/c1-2-20-7-5-16(6-8-20)13-10-18-19-15(13)12-9-11(17)3-4-14(12)21-16;/h3-4,9-10H,2,5-8H2,1H3,(H,18,19);1H. The van der Waals surface area contributed by atoms with Crippen molar-refractivity contribution < 1.29 is 9.13 Å². The highest BCUT2D eigenvalue weighted by molar-refractivity contribution is 5.85. The van der Waals surface area contributed by atoms with Crippen LogP contribution in [0.25, 0.3) is 11.3 Å². The number of rotatable bonds is 1. The Balaban J connectivity index is 0.00000144. The summed E-state index contributed by atoms with van der Waals surface area (Å²) in [5, 5.41) is 7.21. The largest absolute Gasteiger partial charge is 0.482 e. The van der Waals surface area contributed by atoms with Crippen LogP contribution in [0.5, 0.6) is 5.75 Å². The summed E-state index contributed by atoms with van der Waals surface area (Å²) in [6.45, 7) is 5.27. The summed E-state index contributed by atoms with van der Waals surface area (Å²) < 4.78 is 19.9. The van der Waals surface area contributed by atoms with E-state index >= 15 is 0 Å². The van der Waals surface area contributed by atoms with E-state index < -0.39 is 0 Å². The zero-order chi connectivity index (χ0) is 14.4. The lowest BCUT2D eigenvalue weighted by Gasteiger charge is -2.44. The maximum Gasteiger partial charge on any atom is 0.140 e. The van der Waals surface area contributed by atoms with Crippen LogP contribution in [-0.4, -0.2) is 34.7 Å². The van der Waals surface area contributed by atoms with Gasteiger partial charge in [0.15, 0.2) is 0 Å². The first-order valence-corrected chi connectivity index (χ1v) is 7.47. The normalized spacial score (nSPS) is 19.0. The summed E-state index contributed by atoms with van der Waals surface area (Å²) in [5.74, 6) is 0.493. The Kier molecular flexibility index (Phi) is 3.87. The van der Waals surface area contributed by atoms with E-state index in [9.17, 15) is 4.39 Å². The Morgan fingerprint density at radius 3 is 2.86 bits per heavy atom. The highest BCUT2D eigenvalue weighted by atomic mass is 35.5. The van der Waals surface area contributed by atoms with Crippen LogP contribution in [0.4, 0.5) is 4.39 Å². The summed E-state index contributed by atoms with van der Waals surface area (Å²) in [5.41, 5.74) is 2.42. The third kappa shape index (κ3) is 2.20. The Hall–Kier alpha value is -1.59. The van der Waals surface area contributed by atoms with E-state index in [0.717, 1.165) is 55.0 Å². The average Bonchev–Trinajstić information content (AvgIpc) is 3.00. The van der Waals surface area contributed by atoms with Crippen molar-refractivity contribution >= 4 is 12.4 Å². The van der Waals surface area contributed by atoms with Gasteiger partial charge in [0.25, 0.3) is 0 Å². The number of nitrogens with one attached hydrogen (secondary N) is 1. The van der Waals surface area contributed by atoms with E-state index in [1.54, 1.807) is 6.07 Å². The molecule has 1 saturated heterocycles. The van der Waals surface area contributed by atoms with Gasteiger partial charge in [0.1, 0.15) is 17.2 Å². The molecule has 4 rings (SSSR count). The van der Waals surface area contributed by atoms with Gasteiger partial charge in [0, 0.05) is 37.1 Å². The van der Waals surface area contributed by atoms with Crippen molar-refractivity contribution in [2.75, 3.05) is 19.6 Å². The molecule has 0 amide bonds. The van der Waals surface area contributed by atoms with E-state index in [-0.39, 0.29) is 23.8 Å². The molecule has 1 fully saturated rings. The quantitative estimate of drug-likeness (QED) is 0.875. The van der Waals surface area contributed by atoms with Crippen LogP contribution in [0.3, 0.4) is 0 Å². The van der Waals surface area contributed by atoms with Gasteiger partial charge in [0.2, 0.25) is 0 Å². The molecule has 0 bridgehead atoms. The Bertz CT molecular complexity index is 680. The smallest absolute Gasteiger partial charge is 0.140 e. The number of likely N-dealkylation sites (tertiary alicyclic amines) is 1. The van der Waals surface area contributed by atoms with E-state index in [0.29, 0.717) is 0 Å². The van der Waals surface area contributed by atoms with Crippen molar-refractivity contribution in [3.05, 3.63) is 35.8 Å². The van der Waals surface area contributed by atoms with Crippen LogP contribution in [0.1, 0.15) is 25.3 Å². The second-order valence-electron chi connectivity index (χ2n) is 5.83. The lowest BCUT2D eigenvalue weighted by molar-refractivity contribution is -0.00338. The number of aromatic nitrogens is 2. The Labute approximate surface area is 135 Å². The number of nitrogens with zero attached hydrogens (tertiary/aromatic N) is 2. The number of hydrogen-bond acceptors (Lipinski definition) is 3. The average molecular weight is 324 g/mol. The molecule has 4 nitrogen and oxygen atoms in total. The van der Waals surface area contributed by atoms with Crippen LogP contribution >= 0.6 is 12.4 Å². The summed E-state index contributed by atoms with van der Waals surface area (Å²) in [7, 11) is 0. The van der Waals surface area contributed by atoms with Crippen molar-refractivity contribution in [3.63, 3.8) is 0 Å². The maximum absolute atomic E-state index is 13.5. The first kappa shape index (κ1) is 15.3. The Morgan fingerprint density at radius 2 is 2.14 bits per heavy atom. The number of H-pyrrole nitrogens is 1. The summed E-state index contributed by atoms with van der Waals surface area (Å²) >= 11 is 0. The van der Waals surface area contributed by atoms with Crippen LogP contribution < -0.4 is 4.74 Å². The fraction of sp³-hybridized carbons (Fsp3) is 0.438. The maximum atomic E-state index is 13.5. The third-order valence-corrected chi connectivity index (χ3v) is 4.76. The highest BCUT2D eigenvalue weighted by Crippen LogP contribution is 2.48. The topological polar surface area (TPSA) is 41.1 Å². The van der Waals surface area contributed by atoms with Gasteiger partial charge in [-0.05, 0) is 24.7 Å². The molecule has 1 aromatic carbocycles. The molecule has 118 valence electrons. The zero-order valence-corrected chi connectivity index (χ0v) is 13.3. The van der Waals surface area contributed by atoms with Crippen molar-refractivity contribution in [2.45, 2.75) is 25.4 Å². The third-order valence-electron chi connectivity index (χ3n) is 4.76. The van der Waals surface area contributed by atoms with Gasteiger partial charge in [0.05, 0.1) is 11.9 Å². The molecule has 2 aromatic rings. The number of piperidine rings is 1. The molecule has 1 aromatic heterocycles. The summed E-state index contributed by atoms with van der Waals surface area (Å²) in [6.07, 6.45) is 3.71. The monoisotopic (exact) mass is 323 g/mol. The van der Waals surface area contributed by atoms with Crippen molar-refractivity contribution in [2.24, 2.45) is 0 Å². The van der Waals surface area contributed by atoms with Gasteiger partial charge in [-0.3, -0.25) is 5.10 Å². The van der Waals surface area contributed by atoms with Gasteiger partial charge in [-0.15, -0.1) is 12.4 Å². The molecule has 2 aliphatic heterocycles. The predicted octanol–water partition coefficient (Wildman–Crippen LogP) is 3.34. The van der Waals surface area contributed by atoms with Gasteiger partial charge in [-0.2, -0.15) is 5.10 Å². The molecule has 1 spiro atoms. The molecule has 1 N–H and O–H groups in total. The Morgan fingerprint density at radius 1 is 1.36 bits per heavy atom. The van der Waals surface area contributed by atoms with Crippen LogP contribution in [0.15, 0.2) is 24.4 Å². The molecular formula is C16H19ClFN3O. The van der Waals surface area contributed by atoms with Gasteiger partial charge >= 0.3 is 0 Å². The van der Waals surface area contributed by atoms with E-state index in [1.165, 1.54) is 12.1 Å². The number of halogens is 2. The molecule has 0 radical (unpaired) electrons.